The van der Waals surface area contributed by atoms with Gasteiger partial charge in [0.25, 0.3) is 6.20 Å². The maximum absolute atomic E-state index is 10.4. The fraction of sp³-hybridized carbons (Fsp3) is 0.364. The molecule has 9 heteroatoms. The smallest absolute Gasteiger partial charge is 0.274 e. The van der Waals surface area contributed by atoms with Crippen LogP contribution in [-0.2, 0) is 5.75 Å². The molecular formula is C11H14BrN5O2S. The molecule has 0 saturated carbocycles. The number of hydrogen-bond donors (Lipinski definition) is 3. The monoisotopic (exact) mass is 359 g/mol. The van der Waals surface area contributed by atoms with Crippen LogP contribution < -0.4 is 10.6 Å². The van der Waals surface area contributed by atoms with E-state index in [1.54, 1.807) is 18.1 Å². The quantitative estimate of drug-likeness (QED) is 0.266. The molecule has 0 amide bonds. The summed E-state index contributed by atoms with van der Waals surface area (Å²) in [6.07, 6.45) is 7.59. The van der Waals surface area contributed by atoms with Gasteiger partial charge in [-0.2, -0.15) is 11.8 Å². The number of nitro groups is 1. The zero-order chi connectivity index (χ0) is 14.8. The summed E-state index contributed by atoms with van der Waals surface area (Å²) in [5.74, 6) is 4.25. The third-order valence-electron chi connectivity index (χ3n) is 2.09. The van der Waals surface area contributed by atoms with Crippen LogP contribution in [0.3, 0.4) is 0 Å². The van der Waals surface area contributed by atoms with E-state index in [4.69, 9.17) is 6.42 Å². The van der Waals surface area contributed by atoms with Crippen LogP contribution in [-0.4, -0.2) is 33.7 Å². The first kappa shape index (κ1) is 16.4. The number of aromatic amines is 1. The topological polar surface area (TPSA) is 95.9 Å². The highest BCUT2D eigenvalue weighted by Gasteiger charge is 2.03. The van der Waals surface area contributed by atoms with Crippen LogP contribution in [0.1, 0.15) is 5.69 Å². The Balaban J connectivity index is 2.25. The van der Waals surface area contributed by atoms with E-state index in [0.717, 1.165) is 28.0 Å². The van der Waals surface area contributed by atoms with Crippen molar-refractivity contribution in [3.8, 4) is 12.3 Å². The van der Waals surface area contributed by atoms with Crippen molar-refractivity contribution in [2.45, 2.75) is 5.75 Å². The van der Waals surface area contributed by atoms with Crippen LogP contribution in [0.15, 0.2) is 23.0 Å². The van der Waals surface area contributed by atoms with Gasteiger partial charge in [-0.25, -0.2) is 4.98 Å². The molecule has 0 aliphatic carbocycles. The van der Waals surface area contributed by atoms with Crippen molar-refractivity contribution < 1.29 is 4.92 Å². The number of hydrogen-bond acceptors (Lipinski definition) is 6. The average molecular weight is 360 g/mol. The molecule has 0 atom stereocenters. The number of H-pyrrole nitrogens is 1. The van der Waals surface area contributed by atoms with Gasteiger partial charge in [0.15, 0.2) is 5.82 Å². The second-order valence-corrected chi connectivity index (χ2v) is 5.39. The zero-order valence-electron chi connectivity index (χ0n) is 10.6. The lowest BCUT2D eigenvalue weighted by Gasteiger charge is -2.08. The van der Waals surface area contributed by atoms with Gasteiger partial charge in [-0.05, 0) is 15.9 Å². The molecule has 108 valence electrons. The normalized spacial score (nSPS) is 10.9. The Kier molecular flexibility index (Phi) is 7.60. The predicted molar refractivity (Wildman–Crippen MR) is 82.4 cm³/mol. The van der Waals surface area contributed by atoms with Gasteiger partial charge >= 0.3 is 0 Å². The standard InChI is InChI=1S/C11H14BrN5O2S/c1-2-3-13-10(6-17(18)19)14-4-5-20-7-9-11(12)16-8-15-9/h1,6,8,13-14H,3-5,7H2,(H,15,16). The van der Waals surface area contributed by atoms with Crippen molar-refractivity contribution in [3.63, 3.8) is 0 Å². The van der Waals surface area contributed by atoms with Gasteiger partial charge in [-0.1, -0.05) is 5.92 Å². The number of nitrogens with zero attached hydrogens (tertiary/aromatic N) is 2. The minimum absolute atomic E-state index is 0.237. The van der Waals surface area contributed by atoms with Crippen LogP contribution in [0.25, 0.3) is 0 Å². The first-order valence-corrected chi connectivity index (χ1v) is 7.60. The van der Waals surface area contributed by atoms with Gasteiger partial charge in [0, 0.05) is 18.1 Å². The number of rotatable bonds is 9. The largest absolute Gasteiger partial charge is 0.366 e. The van der Waals surface area contributed by atoms with Crippen LogP contribution in [0.5, 0.6) is 0 Å². The molecule has 0 aliphatic heterocycles. The highest BCUT2D eigenvalue weighted by molar-refractivity contribution is 9.10. The van der Waals surface area contributed by atoms with Gasteiger partial charge in [0.05, 0.1) is 23.5 Å². The van der Waals surface area contributed by atoms with Gasteiger partial charge < -0.3 is 15.6 Å². The Morgan fingerprint density at radius 2 is 2.50 bits per heavy atom. The predicted octanol–water partition coefficient (Wildman–Crippen LogP) is 1.29. The van der Waals surface area contributed by atoms with E-state index in [1.807, 2.05) is 0 Å². The molecule has 3 N–H and O–H groups in total. The summed E-state index contributed by atoms with van der Waals surface area (Å²) in [4.78, 5) is 17.0. The van der Waals surface area contributed by atoms with E-state index in [0.29, 0.717) is 12.4 Å². The van der Waals surface area contributed by atoms with E-state index < -0.39 is 4.92 Å². The summed E-state index contributed by atoms with van der Waals surface area (Å²) < 4.78 is 0.808. The summed E-state index contributed by atoms with van der Waals surface area (Å²) >= 11 is 5.01. The van der Waals surface area contributed by atoms with Crippen molar-refractivity contribution in [1.82, 2.24) is 20.6 Å². The van der Waals surface area contributed by atoms with E-state index >= 15 is 0 Å². The van der Waals surface area contributed by atoms with Crippen molar-refractivity contribution in [2.75, 3.05) is 18.8 Å². The third kappa shape index (κ3) is 6.49. The minimum Gasteiger partial charge on any atom is -0.366 e. The van der Waals surface area contributed by atoms with Crippen molar-refractivity contribution >= 4 is 27.7 Å². The molecule has 1 aromatic heterocycles. The second-order valence-electron chi connectivity index (χ2n) is 3.54. The first-order chi connectivity index (χ1) is 9.63. The minimum atomic E-state index is -0.527. The number of halogens is 1. The lowest BCUT2D eigenvalue weighted by molar-refractivity contribution is -0.404. The molecule has 1 heterocycles. The number of imidazole rings is 1. The maximum Gasteiger partial charge on any atom is 0.274 e. The molecule has 0 aliphatic rings. The molecule has 0 unspecified atom stereocenters. The molecule has 0 aromatic carbocycles. The summed E-state index contributed by atoms with van der Waals surface area (Å²) in [5, 5.41) is 16.1. The number of nitrogens with one attached hydrogen (secondary N) is 3. The fourth-order valence-corrected chi connectivity index (χ4v) is 2.60. The Morgan fingerprint density at radius 3 is 3.10 bits per heavy atom. The summed E-state index contributed by atoms with van der Waals surface area (Å²) in [5.41, 5.74) is 1.02. The molecule has 0 fully saturated rings. The SMILES string of the molecule is C#CCNC(=C[N+](=O)[O-])NCCSCc1[nH]cnc1Br. The lowest BCUT2D eigenvalue weighted by Crippen LogP contribution is -2.29. The molecule has 1 rings (SSSR count). The van der Waals surface area contributed by atoms with E-state index in [9.17, 15) is 10.1 Å². The molecule has 0 saturated heterocycles. The van der Waals surface area contributed by atoms with E-state index in [1.165, 1.54) is 0 Å². The molecule has 7 nitrogen and oxygen atoms in total. The Labute approximate surface area is 129 Å². The van der Waals surface area contributed by atoms with Gasteiger partial charge in [0.1, 0.15) is 4.60 Å². The van der Waals surface area contributed by atoms with E-state index in [2.05, 4.69) is 42.5 Å². The molecule has 20 heavy (non-hydrogen) atoms. The second kappa shape index (κ2) is 9.28. The zero-order valence-corrected chi connectivity index (χ0v) is 13.0. The molecule has 0 spiro atoms. The Bertz CT molecular complexity index is 511. The van der Waals surface area contributed by atoms with Gasteiger partial charge in [0.2, 0.25) is 0 Å². The number of terminal acetylenes is 1. The summed E-state index contributed by atoms with van der Waals surface area (Å²) in [7, 11) is 0. The molecular weight excluding hydrogens is 346 g/mol. The number of aromatic nitrogens is 2. The molecule has 0 radical (unpaired) electrons. The molecule has 1 aromatic rings. The van der Waals surface area contributed by atoms with Gasteiger partial charge in [-0.3, -0.25) is 10.1 Å². The van der Waals surface area contributed by atoms with Crippen LogP contribution >= 0.6 is 27.7 Å². The van der Waals surface area contributed by atoms with Crippen LogP contribution in [0, 0.1) is 22.5 Å². The highest BCUT2D eigenvalue weighted by Crippen LogP contribution is 2.17. The van der Waals surface area contributed by atoms with Gasteiger partial charge in [-0.15, -0.1) is 6.42 Å². The highest BCUT2D eigenvalue weighted by atomic mass is 79.9. The van der Waals surface area contributed by atoms with Crippen molar-refractivity contribution in [3.05, 3.63) is 38.8 Å². The van der Waals surface area contributed by atoms with Crippen molar-refractivity contribution in [2.24, 2.45) is 0 Å². The molecule has 0 bridgehead atoms. The Morgan fingerprint density at radius 1 is 1.70 bits per heavy atom. The Hall–Kier alpha value is -1.66. The van der Waals surface area contributed by atoms with Crippen LogP contribution in [0.2, 0.25) is 0 Å². The maximum atomic E-state index is 10.4. The lowest BCUT2D eigenvalue weighted by atomic mass is 10.6. The summed E-state index contributed by atoms with van der Waals surface area (Å²) in [6.45, 7) is 0.828. The summed E-state index contributed by atoms with van der Waals surface area (Å²) in [6, 6.07) is 0. The first-order valence-electron chi connectivity index (χ1n) is 5.65. The van der Waals surface area contributed by atoms with Crippen LogP contribution in [0.4, 0.5) is 0 Å². The number of thioether (sulfide) groups is 1. The fourth-order valence-electron chi connectivity index (χ4n) is 1.24. The van der Waals surface area contributed by atoms with E-state index in [-0.39, 0.29) is 6.54 Å². The average Bonchev–Trinajstić information content (AvgIpc) is 2.80. The third-order valence-corrected chi connectivity index (χ3v) is 3.76. The van der Waals surface area contributed by atoms with Crippen molar-refractivity contribution in [1.29, 1.82) is 0 Å².